The van der Waals surface area contributed by atoms with Gasteiger partial charge in [-0.25, -0.2) is 4.98 Å². The van der Waals surface area contributed by atoms with Gasteiger partial charge in [-0.1, -0.05) is 0 Å². The minimum absolute atomic E-state index is 0.190. The Balaban J connectivity index is 1.63. The smallest absolute Gasteiger partial charge is 0.251 e. The van der Waals surface area contributed by atoms with E-state index in [4.69, 9.17) is 4.42 Å². The Hall–Kier alpha value is -2.60. The van der Waals surface area contributed by atoms with E-state index in [1.165, 1.54) is 6.26 Å². The van der Waals surface area contributed by atoms with Crippen LogP contribution in [0.15, 0.2) is 53.5 Å². The molecule has 0 aromatic carbocycles. The summed E-state index contributed by atoms with van der Waals surface area (Å²) in [5.41, 5.74) is 1.26. The van der Waals surface area contributed by atoms with E-state index >= 15 is 0 Å². The summed E-state index contributed by atoms with van der Waals surface area (Å²) in [6.07, 6.45) is 6.45. The highest BCUT2D eigenvalue weighted by Gasteiger charge is 2.17. The number of carbonyl (C=O) groups is 1. The van der Waals surface area contributed by atoms with E-state index < -0.39 is 6.10 Å². The van der Waals surface area contributed by atoms with E-state index in [0.29, 0.717) is 17.7 Å². The maximum atomic E-state index is 12.2. The Labute approximate surface area is 127 Å². The number of nitrogens with zero attached hydrogens (tertiary/aromatic N) is 2. The van der Waals surface area contributed by atoms with Crippen LogP contribution in [0, 0.1) is 0 Å². The third-order valence-corrected chi connectivity index (χ3v) is 3.49. The summed E-state index contributed by atoms with van der Waals surface area (Å²) in [7, 11) is 0. The molecule has 3 heterocycles. The van der Waals surface area contributed by atoms with Crippen molar-refractivity contribution in [2.45, 2.75) is 25.5 Å². The molecule has 2 atom stereocenters. The minimum Gasteiger partial charge on any atom is -0.467 e. The van der Waals surface area contributed by atoms with Crippen LogP contribution >= 0.6 is 0 Å². The molecule has 6 nitrogen and oxygen atoms in total. The van der Waals surface area contributed by atoms with Crippen molar-refractivity contribution in [1.29, 1.82) is 0 Å². The zero-order valence-electron chi connectivity index (χ0n) is 12.1. The predicted octanol–water partition coefficient (Wildman–Crippen LogP) is 2.17. The SMILES string of the molecule is C[C@H](C[C@H](O)c1ccco1)NC(=O)c1ccn2ccnc2c1. The maximum Gasteiger partial charge on any atom is 0.251 e. The number of nitrogens with one attached hydrogen (secondary N) is 1. The van der Waals surface area contributed by atoms with Crippen LogP contribution in [0.25, 0.3) is 5.65 Å². The Morgan fingerprint density at radius 3 is 3.09 bits per heavy atom. The fraction of sp³-hybridized carbons (Fsp3) is 0.250. The molecule has 0 saturated heterocycles. The molecule has 1 amide bonds. The van der Waals surface area contributed by atoms with Crippen molar-refractivity contribution >= 4 is 11.6 Å². The van der Waals surface area contributed by atoms with Crippen molar-refractivity contribution in [3.05, 3.63) is 60.4 Å². The molecule has 3 rings (SSSR count). The number of hydrogen-bond acceptors (Lipinski definition) is 4. The van der Waals surface area contributed by atoms with Gasteiger partial charge in [-0.05, 0) is 31.2 Å². The first kappa shape index (κ1) is 14.3. The molecule has 3 aromatic rings. The van der Waals surface area contributed by atoms with Crippen LogP contribution in [0.5, 0.6) is 0 Å². The molecular weight excluding hydrogens is 282 g/mol. The lowest BCUT2D eigenvalue weighted by atomic mass is 10.1. The molecule has 0 spiro atoms. The first-order valence-electron chi connectivity index (χ1n) is 7.08. The highest BCUT2D eigenvalue weighted by molar-refractivity contribution is 5.95. The average molecular weight is 299 g/mol. The van der Waals surface area contributed by atoms with Gasteiger partial charge in [-0.2, -0.15) is 0 Å². The molecule has 0 saturated carbocycles. The van der Waals surface area contributed by atoms with Gasteiger partial charge in [0.1, 0.15) is 17.5 Å². The number of hydrogen-bond donors (Lipinski definition) is 2. The lowest BCUT2D eigenvalue weighted by Gasteiger charge is -2.16. The number of imidazole rings is 1. The van der Waals surface area contributed by atoms with Crippen LogP contribution in [0.2, 0.25) is 0 Å². The third kappa shape index (κ3) is 3.01. The number of aliphatic hydroxyl groups excluding tert-OH is 1. The summed E-state index contributed by atoms with van der Waals surface area (Å²) in [6, 6.07) is 6.71. The van der Waals surface area contributed by atoms with Crippen molar-refractivity contribution in [3.8, 4) is 0 Å². The lowest BCUT2D eigenvalue weighted by molar-refractivity contribution is 0.0903. The van der Waals surface area contributed by atoms with E-state index in [0.717, 1.165) is 5.65 Å². The number of fused-ring (bicyclic) bond motifs is 1. The minimum atomic E-state index is -0.736. The molecule has 0 aliphatic carbocycles. The second kappa shape index (κ2) is 6.03. The number of pyridine rings is 1. The van der Waals surface area contributed by atoms with Crippen LogP contribution in [0.3, 0.4) is 0 Å². The number of rotatable bonds is 5. The zero-order chi connectivity index (χ0) is 15.5. The Bertz CT molecular complexity index is 764. The summed E-state index contributed by atoms with van der Waals surface area (Å²) in [6.45, 7) is 1.85. The number of furan rings is 1. The molecule has 114 valence electrons. The van der Waals surface area contributed by atoms with Gasteiger partial charge in [0.05, 0.1) is 6.26 Å². The third-order valence-electron chi connectivity index (χ3n) is 3.49. The average Bonchev–Trinajstić information content (AvgIpc) is 3.17. The van der Waals surface area contributed by atoms with E-state index in [2.05, 4.69) is 10.3 Å². The van der Waals surface area contributed by atoms with Crippen LogP contribution in [-0.2, 0) is 0 Å². The molecule has 3 aromatic heterocycles. The van der Waals surface area contributed by atoms with E-state index in [9.17, 15) is 9.90 Å². The normalized spacial score (nSPS) is 13.9. The lowest BCUT2D eigenvalue weighted by Crippen LogP contribution is -2.33. The van der Waals surface area contributed by atoms with Crippen LogP contribution in [-0.4, -0.2) is 26.4 Å². The van der Waals surface area contributed by atoms with Crippen molar-refractivity contribution in [3.63, 3.8) is 0 Å². The Kier molecular flexibility index (Phi) is 3.93. The Morgan fingerprint density at radius 1 is 1.45 bits per heavy atom. The first-order valence-corrected chi connectivity index (χ1v) is 7.08. The van der Waals surface area contributed by atoms with E-state index in [1.54, 1.807) is 36.7 Å². The molecule has 0 aliphatic rings. The highest BCUT2D eigenvalue weighted by atomic mass is 16.4. The van der Waals surface area contributed by atoms with Gasteiger partial charge in [0.15, 0.2) is 0 Å². The maximum absolute atomic E-state index is 12.2. The molecule has 0 bridgehead atoms. The number of amides is 1. The largest absolute Gasteiger partial charge is 0.467 e. The topological polar surface area (TPSA) is 79.8 Å². The summed E-state index contributed by atoms with van der Waals surface area (Å²) < 4.78 is 6.99. The van der Waals surface area contributed by atoms with Gasteiger partial charge >= 0.3 is 0 Å². The quantitative estimate of drug-likeness (QED) is 0.756. The summed E-state index contributed by atoms with van der Waals surface area (Å²) >= 11 is 0. The van der Waals surface area contributed by atoms with Crippen LogP contribution in [0.4, 0.5) is 0 Å². The van der Waals surface area contributed by atoms with Crippen molar-refractivity contribution in [1.82, 2.24) is 14.7 Å². The summed E-state index contributed by atoms with van der Waals surface area (Å²) in [5, 5.41) is 12.9. The Morgan fingerprint density at radius 2 is 2.32 bits per heavy atom. The number of aliphatic hydroxyl groups is 1. The fourth-order valence-corrected chi connectivity index (χ4v) is 2.35. The standard InChI is InChI=1S/C16H17N3O3/c1-11(9-13(20)14-3-2-8-22-14)18-16(21)12-4-6-19-7-5-17-15(19)10-12/h2-8,10-11,13,20H,9H2,1H3,(H,18,21)/t11-,13+/m1/s1. The fourth-order valence-electron chi connectivity index (χ4n) is 2.35. The van der Waals surface area contributed by atoms with Crippen LogP contribution < -0.4 is 5.32 Å². The molecular formula is C16H17N3O3. The monoisotopic (exact) mass is 299 g/mol. The van der Waals surface area contributed by atoms with Crippen LogP contribution in [0.1, 0.15) is 35.6 Å². The molecule has 2 N–H and O–H groups in total. The highest BCUT2D eigenvalue weighted by Crippen LogP contribution is 2.18. The summed E-state index contributed by atoms with van der Waals surface area (Å²) in [5.74, 6) is 0.310. The van der Waals surface area contributed by atoms with E-state index in [-0.39, 0.29) is 11.9 Å². The first-order chi connectivity index (χ1) is 10.6. The van der Waals surface area contributed by atoms with Gasteiger partial charge in [-0.15, -0.1) is 0 Å². The van der Waals surface area contributed by atoms with Crippen molar-refractivity contribution in [2.24, 2.45) is 0 Å². The van der Waals surface area contributed by atoms with Crippen molar-refractivity contribution < 1.29 is 14.3 Å². The molecule has 6 heteroatoms. The molecule has 22 heavy (non-hydrogen) atoms. The van der Waals surface area contributed by atoms with Gasteiger partial charge in [0.25, 0.3) is 5.91 Å². The number of aromatic nitrogens is 2. The number of carbonyl (C=O) groups excluding carboxylic acids is 1. The second-order valence-corrected chi connectivity index (χ2v) is 5.25. The van der Waals surface area contributed by atoms with Gasteiger partial charge < -0.3 is 19.2 Å². The van der Waals surface area contributed by atoms with E-state index in [1.807, 2.05) is 17.5 Å². The van der Waals surface area contributed by atoms with Gasteiger partial charge in [0, 0.05) is 36.6 Å². The molecule has 0 fully saturated rings. The molecule has 0 unspecified atom stereocenters. The van der Waals surface area contributed by atoms with Gasteiger partial charge in [0.2, 0.25) is 0 Å². The zero-order valence-corrected chi connectivity index (χ0v) is 12.1. The summed E-state index contributed by atoms with van der Waals surface area (Å²) in [4.78, 5) is 16.4. The molecule has 0 aliphatic heterocycles. The second-order valence-electron chi connectivity index (χ2n) is 5.25. The van der Waals surface area contributed by atoms with Gasteiger partial charge in [-0.3, -0.25) is 4.79 Å². The van der Waals surface area contributed by atoms with Crippen molar-refractivity contribution in [2.75, 3.05) is 0 Å². The predicted molar refractivity (Wildman–Crippen MR) is 80.4 cm³/mol. The molecule has 0 radical (unpaired) electrons.